The molecule has 2 fully saturated rings. The van der Waals surface area contributed by atoms with Gasteiger partial charge in [-0.15, -0.1) is 0 Å². The molecule has 1 saturated heterocycles. The number of amides is 2. The normalized spacial score (nSPS) is 35.0. The number of carbonyl (C=O) groups excluding carboxylic acids is 2. The maximum absolute atomic E-state index is 13.8. The maximum atomic E-state index is 13.8. The third-order valence-electron chi connectivity index (χ3n) is 3.92. The molecule has 3 rings (SSSR count). The molecule has 3 atom stereocenters. The second-order valence-corrected chi connectivity index (χ2v) is 4.58. The molecule has 0 spiro atoms. The predicted molar refractivity (Wildman–Crippen MR) is 58.4 cm³/mol. The number of benzene rings is 1. The topological polar surface area (TPSA) is 93.8 Å². The van der Waals surface area contributed by atoms with E-state index in [0.29, 0.717) is 0 Å². The number of piperidine rings is 1. The molecule has 0 radical (unpaired) electrons. The van der Waals surface area contributed by atoms with Gasteiger partial charge in [-0.1, -0.05) is 18.2 Å². The highest BCUT2D eigenvalue weighted by atomic mass is 19.1. The molecule has 19 heavy (non-hydrogen) atoms. The van der Waals surface area contributed by atoms with Crippen molar-refractivity contribution in [1.29, 1.82) is 10.5 Å². The highest BCUT2D eigenvalue weighted by Crippen LogP contribution is 2.76. The van der Waals surface area contributed by atoms with Crippen LogP contribution in [0, 0.1) is 39.3 Å². The fourth-order valence-electron chi connectivity index (χ4n) is 2.98. The summed E-state index contributed by atoms with van der Waals surface area (Å²) in [6.07, 6.45) is 0. The molecule has 1 aliphatic carbocycles. The van der Waals surface area contributed by atoms with Crippen LogP contribution in [0.1, 0.15) is 11.5 Å². The van der Waals surface area contributed by atoms with Gasteiger partial charge in [-0.2, -0.15) is 10.5 Å². The Balaban J connectivity index is 2.25. The predicted octanol–water partition coefficient (Wildman–Crippen LogP) is 0.599. The van der Waals surface area contributed by atoms with Crippen LogP contribution in [0.5, 0.6) is 0 Å². The first-order valence-electron chi connectivity index (χ1n) is 5.49. The first-order chi connectivity index (χ1) is 9.06. The summed E-state index contributed by atoms with van der Waals surface area (Å²) >= 11 is 0. The number of rotatable bonds is 1. The second kappa shape index (κ2) is 3.18. The smallest absolute Gasteiger partial charge is 0.250 e. The van der Waals surface area contributed by atoms with Crippen molar-refractivity contribution in [1.82, 2.24) is 5.32 Å². The Labute approximate surface area is 107 Å². The Kier molecular flexibility index (Phi) is 1.90. The highest BCUT2D eigenvalue weighted by Gasteiger charge is 2.91. The Morgan fingerprint density at radius 3 is 2.11 bits per heavy atom. The van der Waals surface area contributed by atoms with E-state index in [-0.39, 0.29) is 5.56 Å². The van der Waals surface area contributed by atoms with Crippen LogP contribution < -0.4 is 5.32 Å². The minimum Gasteiger partial charge on any atom is -0.293 e. The third kappa shape index (κ3) is 0.948. The van der Waals surface area contributed by atoms with Gasteiger partial charge in [0, 0.05) is 5.92 Å². The molecular formula is C13H6FN3O2. The number of fused-ring (bicyclic) bond motifs is 1. The highest BCUT2D eigenvalue weighted by molar-refractivity contribution is 6.19. The van der Waals surface area contributed by atoms with Gasteiger partial charge >= 0.3 is 0 Å². The monoisotopic (exact) mass is 255 g/mol. The van der Waals surface area contributed by atoms with E-state index in [1.54, 1.807) is 12.1 Å². The minimum absolute atomic E-state index is 0.0498. The number of hydrogen-bond donors (Lipinski definition) is 1. The minimum atomic E-state index is -1.80. The first-order valence-corrected chi connectivity index (χ1v) is 5.49. The first kappa shape index (κ1) is 11.4. The van der Waals surface area contributed by atoms with Gasteiger partial charge in [0.15, 0.2) is 10.8 Å². The van der Waals surface area contributed by atoms with Gasteiger partial charge in [0.25, 0.3) is 0 Å². The molecule has 1 N–H and O–H groups in total. The van der Waals surface area contributed by atoms with Crippen molar-refractivity contribution in [3.63, 3.8) is 0 Å². The molecule has 1 heterocycles. The van der Waals surface area contributed by atoms with E-state index < -0.39 is 34.4 Å². The number of halogens is 1. The lowest BCUT2D eigenvalue weighted by Crippen LogP contribution is -2.32. The van der Waals surface area contributed by atoms with Gasteiger partial charge in [0.2, 0.25) is 11.8 Å². The SMILES string of the molecule is N#C[C@@]12C(=O)NC(=O)[C@]1(C#N)C2c1ccccc1F. The summed E-state index contributed by atoms with van der Waals surface area (Å²) in [5, 5.41) is 20.4. The lowest BCUT2D eigenvalue weighted by Gasteiger charge is -2.08. The number of nitriles is 2. The van der Waals surface area contributed by atoms with Crippen molar-refractivity contribution in [2.75, 3.05) is 0 Å². The lowest BCUT2D eigenvalue weighted by molar-refractivity contribution is -0.128. The summed E-state index contributed by atoms with van der Waals surface area (Å²) in [5.41, 5.74) is -3.56. The molecule has 1 unspecified atom stereocenters. The Morgan fingerprint density at radius 1 is 1.11 bits per heavy atom. The molecule has 2 amide bonds. The molecular weight excluding hydrogens is 249 g/mol. The number of nitrogens with zero attached hydrogens (tertiary/aromatic N) is 2. The van der Waals surface area contributed by atoms with Crippen molar-refractivity contribution in [2.24, 2.45) is 10.8 Å². The zero-order valence-electron chi connectivity index (χ0n) is 9.48. The zero-order valence-corrected chi connectivity index (χ0v) is 9.48. The fraction of sp³-hybridized carbons (Fsp3) is 0.231. The number of hydrogen-bond acceptors (Lipinski definition) is 4. The second-order valence-electron chi connectivity index (χ2n) is 4.58. The van der Waals surface area contributed by atoms with Crippen LogP contribution >= 0.6 is 0 Å². The summed E-state index contributed by atoms with van der Waals surface area (Å²) in [5.74, 6) is -3.33. The molecule has 1 saturated carbocycles. The van der Waals surface area contributed by atoms with E-state index >= 15 is 0 Å². The van der Waals surface area contributed by atoms with Gasteiger partial charge in [0.1, 0.15) is 5.82 Å². The number of imide groups is 1. The van der Waals surface area contributed by atoms with E-state index in [9.17, 15) is 24.5 Å². The summed E-state index contributed by atoms with van der Waals surface area (Å²) in [4.78, 5) is 23.6. The van der Waals surface area contributed by atoms with Crippen molar-refractivity contribution in [2.45, 2.75) is 5.92 Å². The Hall–Kier alpha value is -2.73. The van der Waals surface area contributed by atoms with E-state index in [1.165, 1.54) is 24.3 Å². The molecule has 1 aromatic carbocycles. The Bertz CT molecular complexity index is 679. The van der Waals surface area contributed by atoms with Crippen LogP contribution in [-0.2, 0) is 9.59 Å². The number of nitrogens with one attached hydrogen (secondary N) is 1. The van der Waals surface area contributed by atoms with Crippen LogP contribution in [0.25, 0.3) is 0 Å². The van der Waals surface area contributed by atoms with Gasteiger partial charge < -0.3 is 0 Å². The molecule has 0 bridgehead atoms. The van der Waals surface area contributed by atoms with Crippen molar-refractivity contribution in [3.05, 3.63) is 35.6 Å². The van der Waals surface area contributed by atoms with Crippen molar-refractivity contribution >= 4 is 11.8 Å². The maximum Gasteiger partial charge on any atom is 0.250 e. The summed E-state index contributed by atoms with van der Waals surface area (Å²) in [6, 6.07) is 9.02. The van der Waals surface area contributed by atoms with Gasteiger partial charge in [0.05, 0.1) is 12.1 Å². The van der Waals surface area contributed by atoms with Gasteiger partial charge in [-0.05, 0) is 11.6 Å². The summed E-state index contributed by atoms with van der Waals surface area (Å²) in [6.45, 7) is 0. The van der Waals surface area contributed by atoms with Gasteiger partial charge in [-0.25, -0.2) is 4.39 Å². The molecule has 6 heteroatoms. The molecule has 1 aliphatic heterocycles. The molecule has 5 nitrogen and oxygen atoms in total. The standard InChI is InChI=1S/C13H6FN3O2/c14-8-4-2-1-3-7(8)9-12(5-15)10(18)17-11(19)13(9,12)6-16/h1-4,9H,(H,17,18,19)/t9?,12-,13+. The van der Waals surface area contributed by atoms with E-state index in [1.807, 2.05) is 5.32 Å². The van der Waals surface area contributed by atoms with Crippen LogP contribution in [0.4, 0.5) is 4.39 Å². The van der Waals surface area contributed by atoms with Gasteiger partial charge in [-0.3, -0.25) is 14.9 Å². The average Bonchev–Trinajstić information content (AvgIpc) is 2.96. The largest absolute Gasteiger partial charge is 0.293 e. The van der Waals surface area contributed by atoms with Crippen LogP contribution in [0.3, 0.4) is 0 Å². The molecule has 1 aromatic rings. The van der Waals surface area contributed by atoms with Crippen molar-refractivity contribution in [3.8, 4) is 12.1 Å². The van der Waals surface area contributed by atoms with Crippen LogP contribution in [0.2, 0.25) is 0 Å². The fourth-order valence-corrected chi connectivity index (χ4v) is 2.98. The zero-order chi connectivity index (χ0) is 13.8. The van der Waals surface area contributed by atoms with E-state index in [0.717, 1.165) is 0 Å². The van der Waals surface area contributed by atoms with Crippen LogP contribution in [0.15, 0.2) is 24.3 Å². The molecule has 0 aromatic heterocycles. The summed E-state index contributed by atoms with van der Waals surface area (Å²) < 4.78 is 13.8. The molecule has 2 aliphatic rings. The summed E-state index contributed by atoms with van der Waals surface area (Å²) in [7, 11) is 0. The third-order valence-corrected chi connectivity index (χ3v) is 3.92. The molecule has 92 valence electrons. The van der Waals surface area contributed by atoms with Crippen LogP contribution in [-0.4, -0.2) is 11.8 Å². The van der Waals surface area contributed by atoms with Crippen molar-refractivity contribution < 1.29 is 14.0 Å². The Morgan fingerprint density at radius 2 is 1.63 bits per heavy atom. The number of carbonyl (C=O) groups is 2. The van der Waals surface area contributed by atoms with E-state index in [4.69, 9.17) is 0 Å². The average molecular weight is 255 g/mol. The quantitative estimate of drug-likeness (QED) is 0.743. The lowest BCUT2D eigenvalue weighted by atomic mass is 9.98. The van der Waals surface area contributed by atoms with E-state index in [2.05, 4.69) is 0 Å².